The number of hydrogen-bond donors (Lipinski definition) is 1. The number of hydrogen-bond acceptors (Lipinski definition) is 2. The number of aromatic nitrogens is 2. The molecule has 2 atom stereocenters. The van der Waals surface area contributed by atoms with Gasteiger partial charge < -0.3 is 5.32 Å². The van der Waals surface area contributed by atoms with Crippen LogP contribution < -0.4 is 5.32 Å². The van der Waals surface area contributed by atoms with Crippen LogP contribution in [0.1, 0.15) is 75.4 Å². The van der Waals surface area contributed by atoms with Crippen molar-refractivity contribution in [2.75, 3.05) is 6.54 Å². The molecule has 3 heteroatoms. The Balaban J connectivity index is 2.10. The van der Waals surface area contributed by atoms with Crippen molar-refractivity contribution in [2.24, 2.45) is 5.92 Å². The first kappa shape index (κ1) is 15.6. The zero-order valence-electron chi connectivity index (χ0n) is 13.7. The van der Waals surface area contributed by atoms with Crippen molar-refractivity contribution < 1.29 is 0 Å². The molecule has 1 aromatic heterocycles. The van der Waals surface area contributed by atoms with E-state index in [-0.39, 0.29) is 0 Å². The summed E-state index contributed by atoms with van der Waals surface area (Å²) in [5, 5.41) is 8.37. The van der Waals surface area contributed by atoms with Crippen LogP contribution in [0, 0.1) is 19.8 Å². The summed E-state index contributed by atoms with van der Waals surface area (Å²) in [6.45, 7) is 11.0. The summed E-state index contributed by atoms with van der Waals surface area (Å²) >= 11 is 0. The normalized spacial score (nSPS) is 23.2. The van der Waals surface area contributed by atoms with Gasteiger partial charge in [0.2, 0.25) is 0 Å². The lowest BCUT2D eigenvalue weighted by Crippen LogP contribution is -2.21. The van der Waals surface area contributed by atoms with Gasteiger partial charge in [0, 0.05) is 17.8 Å². The third kappa shape index (κ3) is 3.43. The molecule has 1 aromatic rings. The third-order valence-corrected chi connectivity index (χ3v) is 4.88. The molecular weight excluding hydrogens is 246 g/mol. The lowest BCUT2D eigenvalue weighted by atomic mass is 9.84. The van der Waals surface area contributed by atoms with Gasteiger partial charge in [-0.25, -0.2) is 0 Å². The van der Waals surface area contributed by atoms with Crippen LogP contribution in [-0.2, 0) is 6.54 Å². The molecule has 3 nitrogen and oxygen atoms in total. The molecule has 0 aromatic carbocycles. The van der Waals surface area contributed by atoms with Crippen molar-refractivity contribution in [3.05, 3.63) is 17.0 Å². The summed E-state index contributed by atoms with van der Waals surface area (Å²) in [6, 6.07) is 0.632. The second-order valence-electron chi connectivity index (χ2n) is 6.37. The summed E-state index contributed by atoms with van der Waals surface area (Å²) in [5.74, 6) is 0.902. The Morgan fingerprint density at radius 1 is 1.25 bits per heavy atom. The molecular formula is C17H31N3. The van der Waals surface area contributed by atoms with Crippen LogP contribution in [0.4, 0.5) is 0 Å². The van der Waals surface area contributed by atoms with Crippen LogP contribution in [0.3, 0.4) is 0 Å². The SMILES string of the molecule is CCCNCc1c(C)nn(C2CCCC(CC)C2)c1C. The zero-order valence-corrected chi connectivity index (χ0v) is 13.7. The lowest BCUT2D eigenvalue weighted by Gasteiger charge is -2.29. The first-order chi connectivity index (χ1) is 9.67. The molecule has 0 amide bonds. The maximum Gasteiger partial charge on any atom is 0.0641 e. The molecule has 1 saturated carbocycles. The molecule has 1 heterocycles. The minimum absolute atomic E-state index is 0.632. The Hall–Kier alpha value is -0.830. The van der Waals surface area contributed by atoms with E-state index in [1.165, 1.54) is 55.5 Å². The van der Waals surface area contributed by atoms with E-state index in [2.05, 4.69) is 37.7 Å². The van der Waals surface area contributed by atoms with Crippen LogP contribution in [-0.4, -0.2) is 16.3 Å². The van der Waals surface area contributed by atoms with Crippen molar-refractivity contribution in [2.45, 2.75) is 78.8 Å². The molecule has 1 aliphatic rings. The molecule has 2 unspecified atom stereocenters. The van der Waals surface area contributed by atoms with Crippen LogP contribution in [0.25, 0.3) is 0 Å². The predicted molar refractivity (Wildman–Crippen MR) is 85.0 cm³/mol. The van der Waals surface area contributed by atoms with Crippen molar-refractivity contribution in [1.29, 1.82) is 0 Å². The van der Waals surface area contributed by atoms with Crippen LogP contribution in [0.15, 0.2) is 0 Å². The van der Waals surface area contributed by atoms with Gasteiger partial charge >= 0.3 is 0 Å². The quantitative estimate of drug-likeness (QED) is 0.792. The van der Waals surface area contributed by atoms with Gasteiger partial charge in [0.15, 0.2) is 0 Å². The summed E-state index contributed by atoms with van der Waals surface area (Å²) in [4.78, 5) is 0. The lowest BCUT2D eigenvalue weighted by molar-refractivity contribution is 0.244. The molecule has 2 rings (SSSR count). The van der Waals surface area contributed by atoms with Crippen LogP contribution >= 0.6 is 0 Å². The monoisotopic (exact) mass is 277 g/mol. The third-order valence-electron chi connectivity index (χ3n) is 4.88. The van der Waals surface area contributed by atoms with Crippen molar-refractivity contribution in [1.82, 2.24) is 15.1 Å². The standard InChI is InChI=1S/C17H31N3/c1-5-10-18-12-17-13(3)19-20(14(17)4)16-9-7-8-15(6-2)11-16/h15-16,18H,5-12H2,1-4H3. The summed E-state index contributed by atoms with van der Waals surface area (Å²) < 4.78 is 2.33. The van der Waals surface area contributed by atoms with Gasteiger partial charge in [-0.1, -0.05) is 33.1 Å². The van der Waals surface area contributed by atoms with Gasteiger partial charge in [0.05, 0.1) is 11.7 Å². The largest absolute Gasteiger partial charge is 0.313 e. The number of nitrogens with one attached hydrogen (secondary N) is 1. The summed E-state index contributed by atoms with van der Waals surface area (Å²) in [7, 11) is 0. The molecule has 1 fully saturated rings. The van der Waals surface area contributed by atoms with Crippen molar-refractivity contribution >= 4 is 0 Å². The molecule has 1 N–H and O–H groups in total. The summed E-state index contributed by atoms with van der Waals surface area (Å²) in [6.07, 6.45) is 7.91. The maximum atomic E-state index is 4.86. The Bertz CT molecular complexity index is 422. The van der Waals surface area contributed by atoms with E-state index in [0.29, 0.717) is 6.04 Å². The van der Waals surface area contributed by atoms with E-state index >= 15 is 0 Å². The molecule has 0 bridgehead atoms. The molecule has 114 valence electrons. The Kier molecular flexibility index (Phi) is 5.64. The van der Waals surface area contributed by atoms with E-state index in [9.17, 15) is 0 Å². The van der Waals surface area contributed by atoms with E-state index in [1.54, 1.807) is 0 Å². The highest BCUT2D eigenvalue weighted by atomic mass is 15.3. The average Bonchev–Trinajstić information content (AvgIpc) is 2.75. The molecule has 0 radical (unpaired) electrons. The van der Waals surface area contributed by atoms with Gasteiger partial charge in [-0.2, -0.15) is 5.10 Å². The van der Waals surface area contributed by atoms with Crippen LogP contribution in [0.5, 0.6) is 0 Å². The van der Waals surface area contributed by atoms with Crippen molar-refractivity contribution in [3.8, 4) is 0 Å². The predicted octanol–water partition coefficient (Wildman–Crippen LogP) is 4.14. The molecule has 1 aliphatic carbocycles. The van der Waals surface area contributed by atoms with E-state index in [1.807, 2.05) is 0 Å². The van der Waals surface area contributed by atoms with Gasteiger partial charge in [-0.05, 0) is 45.6 Å². The van der Waals surface area contributed by atoms with E-state index in [0.717, 1.165) is 19.0 Å². The Morgan fingerprint density at radius 2 is 2.05 bits per heavy atom. The Morgan fingerprint density at radius 3 is 2.75 bits per heavy atom. The fraction of sp³-hybridized carbons (Fsp3) is 0.824. The van der Waals surface area contributed by atoms with Gasteiger partial charge in [0.25, 0.3) is 0 Å². The minimum Gasteiger partial charge on any atom is -0.313 e. The maximum absolute atomic E-state index is 4.86. The number of nitrogens with zero attached hydrogens (tertiary/aromatic N) is 2. The molecule has 20 heavy (non-hydrogen) atoms. The fourth-order valence-electron chi connectivity index (χ4n) is 3.55. The Labute approximate surface area is 124 Å². The second-order valence-corrected chi connectivity index (χ2v) is 6.37. The topological polar surface area (TPSA) is 29.9 Å². The fourth-order valence-corrected chi connectivity index (χ4v) is 3.55. The number of aryl methyl sites for hydroxylation is 1. The van der Waals surface area contributed by atoms with Gasteiger partial charge in [0.1, 0.15) is 0 Å². The first-order valence-electron chi connectivity index (χ1n) is 8.42. The average molecular weight is 277 g/mol. The zero-order chi connectivity index (χ0) is 14.5. The van der Waals surface area contributed by atoms with Gasteiger partial charge in [-0.3, -0.25) is 4.68 Å². The summed E-state index contributed by atoms with van der Waals surface area (Å²) in [5.41, 5.74) is 4.01. The number of rotatable bonds is 6. The van der Waals surface area contributed by atoms with E-state index < -0.39 is 0 Å². The first-order valence-corrected chi connectivity index (χ1v) is 8.42. The highest BCUT2D eigenvalue weighted by Crippen LogP contribution is 2.35. The minimum atomic E-state index is 0.632. The second kappa shape index (κ2) is 7.26. The highest BCUT2D eigenvalue weighted by molar-refractivity contribution is 5.24. The smallest absolute Gasteiger partial charge is 0.0641 e. The molecule has 0 aliphatic heterocycles. The highest BCUT2D eigenvalue weighted by Gasteiger charge is 2.25. The van der Waals surface area contributed by atoms with Crippen LogP contribution in [0.2, 0.25) is 0 Å². The van der Waals surface area contributed by atoms with Crippen molar-refractivity contribution in [3.63, 3.8) is 0 Å². The van der Waals surface area contributed by atoms with E-state index in [4.69, 9.17) is 5.10 Å². The molecule has 0 saturated heterocycles. The molecule has 0 spiro atoms. The van der Waals surface area contributed by atoms with Gasteiger partial charge in [-0.15, -0.1) is 0 Å².